The molecule has 1 rings (SSSR count). The van der Waals surface area contributed by atoms with E-state index in [2.05, 4.69) is 4.90 Å². The van der Waals surface area contributed by atoms with Gasteiger partial charge >= 0.3 is 0 Å². The van der Waals surface area contributed by atoms with Crippen LogP contribution in [0.3, 0.4) is 0 Å². The molecule has 0 radical (unpaired) electrons. The van der Waals surface area contributed by atoms with Gasteiger partial charge in [0.25, 0.3) is 0 Å². The van der Waals surface area contributed by atoms with Crippen molar-refractivity contribution in [3.8, 4) is 5.75 Å². The second-order valence-corrected chi connectivity index (χ2v) is 4.28. The molecule has 1 aromatic rings. The molecule has 0 aliphatic rings. The third-order valence-electron chi connectivity index (χ3n) is 2.68. The third-order valence-corrected chi connectivity index (χ3v) is 2.68. The standard InChI is InChI=1S/C13H22N2O2/c1-15(10-12(14)7-8-16)9-11-5-3-4-6-13(11)17-2/h3-6,12,16H,7-10,14H2,1-2H3. The van der Waals surface area contributed by atoms with Crippen LogP contribution in [-0.4, -0.2) is 43.4 Å². The Hall–Kier alpha value is -1.10. The molecule has 4 nitrogen and oxygen atoms in total. The van der Waals surface area contributed by atoms with Gasteiger partial charge in [-0.1, -0.05) is 18.2 Å². The zero-order chi connectivity index (χ0) is 12.7. The monoisotopic (exact) mass is 238 g/mol. The summed E-state index contributed by atoms with van der Waals surface area (Å²) in [7, 11) is 3.69. The van der Waals surface area contributed by atoms with E-state index in [1.807, 2.05) is 31.3 Å². The van der Waals surface area contributed by atoms with Crippen molar-refractivity contribution in [1.29, 1.82) is 0 Å². The Morgan fingerprint density at radius 3 is 2.76 bits per heavy atom. The van der Waals surface area contributed by atoms with Gasteiger partial charge in [-0.25, -0.2) is 0 Å². The first-order valence-corrected chi connectivity index (χ1v) is 5.84. The number of ether oxygens (including phenoxy) is 1. The molecule has 1 aromatic carbocycles. The number of hydrogen-bond acceptors (Lipinski definition) is 4. The van der Waals surface area contributed by atoms with E-state index >= 15 is 0 Å². The van der Waals surface area contributed by atoms with Crippen molar-refractivity contribution in [3.05, 3.63) is 29.8 Å². The third kappa shape index (κ3) is 4.73. The summed E-state index contributed by atoms with van der Waals surface area (Å²) in [5.41, 5.74) is 7.02. The van der Waals surface area contributed by atoms with Crippen molar-refractivity contribution in [2.45, 2.75) is 19.0 Å². The Morgan fingerprint density at radius 1 is 1.41 bits per heavy atom. The minimum absolute atomic E-state index is 0.0136. The van der Waals surface area contributed by atoms with Gasteiger partial charge in [0.1, 0.15) is 5.75 Å². The Bertz CT molecular complexity index is 331. The largest absolute Gasteiger partial charge is 0.496 e. The van der Waals surface area contributed by atoms with E-state index in [4.69, 9.17) is 15.6 Å². The van der Waals surface area contributed by atoms with Crippen molar-refractivity contribution in [1.82, 2.24) is 4.90 Å². The highest BCUT2D eigenvalue weighted by Gasteiger charge is 2.09. The highest BCUT2D eigenvalue weighted by molar-refractivity contribution is 5.32. The van der Waals surface area contributed by atoms with E-state index < -0.39 is 0 Å². The van der Waals surface area contributed by atoms with Gasteiger partial charge in [-0.05, 0) is 19.5 Å². The van der Waals surface area contributed by atoms with Crippen molar-refractivity contribution in [2.24, 2.45) is 5.73 Å². The van der Waals surface area contributed by atoms with Crippen LogP contribution in [0.2, 0.25) is 0 Å². The van der Waals surface area contributed by atoms with Crippen LogP contribution in [-0.2, 0) is 6.54 Å². The van der Waals surface area contributed by atoms with Crippen molar-refractivity contribution < 1.29 is 9.84 Å². The average molecular weight is 238 g/mol. The molecule has 0 saturated carbocycles. The lowest BCUT2D eigenvalue weighted by atomic mass is 10.1. The molecule has 0 amide bonds. The quantitative estimate of drug-likeness (QED) is 0.739. The number of nitrogens with two attached hydrogens (primary N) is 1. The van der Waals surface area contributed by atoms with Crippen molar-refractivity contribution in [2.75, 3.05) is 27.3 Å². The zero-order valence-electron chi connectivity index (χ0n) is 10.6. The molecule has 0 heterocycles. The van der Waals surface area contributed by atoms with Gasteiger partial charge in [0.15, 0.2) is 0 Å². The maximum Gasteiger partial charge on any atom is 0.123 e. The number of likely N-dealkylation sites (N-methyl/N-ethyl adjacent to an activating group) is 1. The summed E-state index contributed by atoms with van der Waals surface area (Å²) in [5, 5.41) is 8.80. The van der Waals surface area contributed by atoms with E-state index in [1.54, 1.807) is 7.11 Å². The topological polar surface area (TPSA) is 58.7 Å². The second-order valence-electron chi connectivity index (χ2n) is 4.28. The van der Waals surface area contributed by atoms with Crippen LogP contribution < -0.4 is 10.5 Å². The first kappa shape index (κ1) is 14.0. The highest BCUT2D eigenvalue weighted by Crippen LogP contribution is 2.18. The molecule has 0 aromatic heterocycles. The molecule has 4 heteroatoms. The molecule has 0 spiro atoms. The van der Waals surface area contributed by atoms with E-state index in [0.717, 1.165) is 24.4 Å². The minimum atomic E-state index is 0.0136. The fraction of sp³-hybridized carbons (Fsp3) is 0.538. The highest BCUT2D eigenvalue weighted by atomic mass is 16.5. The summed E-state index contributed by atoms with van der Waals surface area (Å²) in [6.45, 7) is 1.70. The molecule has 0 saturated heterocycles. The summed E-state index contributed by atoms with van der Waals surface area (Å²) in [5.74, 6) is 0.898. The summed E-state index contributed by atoms with van der Waals surface area (Å²) >= 11 is 0. The van der Waals surface area contributed by atoms with Crippen LogP contribution in [0.15, 0.2) is 24.3 Å². The Balaban J connectivity index is 2.52. The molecule has 17 heavy (non-hydrogen) atoms. The molecule has 0 fully saturated rings. The van der Waals surface area contributed by atoms with Crippen LogP contribution in [0.25, 0.3) is 0 Å². The van der Waals surface area contributed by atoms with Crippen molar-refractivity contribution in [3.63, 3.8) is 0 Å². The van der Waals surface area contributed by atoms with Gasteiger partial charge in [-0.2, -0.15) is 0 Å². The average Bonchev–Trinajstić information content (AvgIpc) is 2.29. The number of aliphatic hydroxyl groups is 1. The van der Waals surface area contributed by atoms with Crippen LogP contribution >= 0.6 is 0 Å². The molecule has 3 N–H and O–H groups in total. The van der Waals surface area contributed by atoms with Crippen LogP contribution in [0.5, 0.6) is 5.75 Å². The number of aliphatic hydroxyl groups excluding tert-OH is 1. The Labute approximate surface area is 103 Å². The van der Waals surface area contributed by atoms with E-state index in [0.29, 0.717) is 6.42 Å². The number of methoxy groups -OCH3 is 1. The van der Waals surface area contributed by atoms with Gasteiger partial charge < -0.3 is 20.5 Å². The summed E-state index contributed by atoms with van der Waals surface area (Å²) in [4.78, 5) is 2.14. The maximum atomic E-state index is 8.80. The van der Waals surface area contributed by atoms with Gasteiger partial charge in [0.2, 0.25) is 0 Å². The first-order valence-electron chi connectivity index (χ1n) is 5.84. The Morgan fingerprint density at radius 2 is 2.12 bits per heavy atom. The number of benzene rings is 1. The predicted octanol–water partition coefficient (Wildman–Crippen LogP) is 0.837. The fourth-order valence-electron chi connectivity index (χ4n) is 1.85. The molecule has 0 aliphatic carbocycles. The van der Waals surface area contributed by atoms with Crippen LogP contribution in [0, 0.1) is 0 Å². The molecular weight excluding hydrogens is 216 g/mol. The lowest BCUT2D eigenvalue weighted by molar-refractivity contribution is 0.242. The van der Waals surface area contributed by atoms with Gasteiger partial charge in [-0.15, -0.1) is 0 Å². The normalized spacial score (nSPS) is 12.8. The molecular formula is C13H22N2O2. The smallest absolute Gasteiger partial charge is 0.123 e. The number of rotatable bonds is 7. The van der Waals surface area contributed by atoms with E-state index in [9.17, 15) is 0 Å². The van der Waals surface area contributed by atoms with Gasteiger partial charge in [0.05, 0.1) is 7.11 Å². The lowest BCUT2D eigenvalue weighted by Crippen LogP contribution is -2.35. The van der Waals surface area contributed by atoms with E-state index in [-0.39, 0.29) is 12.6 Å². The van der Waals surface area contributed by atoms with E-state index in [1.165, 1.54) is 0 Å². The lowest BCUT2D eigenvalue weighted by Gasteiger charge is -2.21. The molecule has 0 aliphatic heterocycles. The maximum absolute atomic E-state index is 8.80. The van der Waals surface area contributed by atoms with Gasteiger partial charge in [0, 0.05) is 31.3 Å². The summed E-state index contributed by atoms with van der Waals surface area (Å²) in [6.07, 6.45) is 0.635. The molecule has 1 atom stereocenters. The second kappa shape index (κ2) is 7.27. The van der Waals surface area contributed by atoms with Crippen molar-refractivity contribution >= 4 is 0 Å². The number of hydrogen-bond donors (Lipinski definition) is 2. The summed E-state index contributed by atoms with van der Waals surface area (Å²) < 4.78 is 5.30. The minimum Gasteiger partial charge on any atom is -0.496 e. The zero-order valence-corrected chi connectivity index (χ0v) is 10.6. The molecule has 1 unspecified atom stereocenters. The SMILES string of the molecule is COc1ccccc1CN(C)CC(N)CCO. The van der Waals surface area contributed by atoms with Gasteiger partial charge in [-0.3, -0.25) is 0 Å². The predicted molar refractivity (Wildman–Crippen MR) is 69.0 cm³/mol. The fourth-order valence-corrected chi connectivity index (χ4v) is 1.85. The molecule has 0 bridgehead atoms. The first-order chi connectivity index (χ1) is 8.17. The molecule has 96 valence electrons. The number of nitrogens with zero attached hydrogens (tertiary/aromatic N) is 1. The van der Waals surface area contributed by atoms with Crippen LogP contribution in [0.1, 0.15) is 12.0 Å². The Kier molecular flexibility index (Phi) is 5.97. The number of para-hydroxylation sites is 1. The van der Waals surface area contributed by atoms with Crippen LogP contribution in [0.4, 0.5) is 0 Å². The summed E-state index contributed by atoms with van der Waals surface area (Å²) in [6, 6.07) is 7.97.